The number of ether oxygens (including phenoxy) is 1. The van der Waals surface area contributed by atoms with Crippen molar-refractivity contribution in [3.8, 4) is 11.1 Å². The number of alkyl carbamates (subject to hydrolysis) is 1. The van der Waals surface area contributed by atoms with Crippen molar-refractivity contribution in [2.45, 2.75) is 32.2 Å². The number of fused-ring (bicyclic) bond motifs is 3. The number of carbonyl (C=O) groups is 3. The van der Waals surface area contributed by atoms with Crippen LogP contribution in [0.1, 0.15) is 37.3 Å². The smallest absolute Gasteiger partial charge is 0.407 e. The number of carbonyl (C=O) groups excluding carboxylic acids is 2. The molecule has 3 rings (SSSR count). The summed E-state index contributed by atoms with van der Waals surface area (Å²) in [5, 5.41) is 13.7. The minimum absolute atomic E-state index is 0.0777. The van der Waals surface area contributed by atoms with Gasteiger partial charge >= 0.3 is 12.1 Å². The topological polar surface area (TPSA) is 105 Å². The van der Waals surface area contributed by atoms with E-state index in [2.05, 4.69) is 22.8 Å². The Morgan fingerprint density at radius 1 is 1.03 bits per heavy atom. The Bertz CT molecular complexity index is 897. The fourth-order valence-corrected chi connectivity index (χ4v) is 3.74. The van der Waals surface area contributed by atoms with E-state index in [0.29, 0.717) is 6.42 Å². The predicted molar refractivity (Wildman–Crippen MR) is 112 cm³/mol. The van der Waals surface area contributed by atoms with E-state index >= 15 is 0 Å². The van der Waals surface area contributed by atoms with Crippen LogP contribution < -0.4 is 10.6 Å². The van der Waals surface area contributed by atoms with E-state index in [9.17, 15) is 14.4 Å². The third-order valence-electron chi connectivity index (χ3n) is 5.53. The highest BCUT2D eigenvalue weighted by Crippen LogP contribution is 2.44. The molecule has 0 radical (unpaired) electrons. The van der Waals surface area contributed by atoms with Gasteiger partial charge in [0.25, 0.3) is 0 Å². The van der Waals surface area contributed by atoms with Crippen molar-refractivity contribution in [3.63, 3.8) is 0 Å². The molecule has 30 heavy (non-hydrogen) atoms. The van der Waals surface area contributed by atoms with Gasteiger partial charge in [-0.2, -0.15) is 0 Å². The highest BCUT2D eigenvalue weighted by atomic mass is 16.5. The molecule has 0 saturated heterocycles. The summed E-state index contributed by atoms with van der Waals surface area (Å²) in [5.74, 6) is -1.95. The average Bonchev–Trinajstić information content (AvgIpc) is 3.07. The zero-order chi connectivity index (χ0) is 21.7. The highest BCUT2D eigenvalue weighted by Gasteiger charge is 2.30. The maximum atomic E-state index is 12.5. The highest BCUT2D eigenvalue weighted by molar-refractivity contribution is 5.88. The van der Waals surface area contributed by atoms with E-state index in [1.807, 2.05) is 50.2 Å². The quantitative estimate of drug-likeness (QED) is 0.620. The van der Waals surface area contributed by atoms with Gasteiger partial charge in [-0.15, -0.1) is 0 Å². The number of benzene rings is 2. The van der Waals surface area contributed by atoms with Crippen LogP contribution in [-0.2, 0) is 14.3 Å². The van der Waals surface area contributed by atoms with E-state index in [1.54, 1.807) is 0 Å². The first-order valence-corrected chi connectivity index (χ1v) is 10.0. The van der Waals surface area contributed by atoms with Crippen LogP contribution >= 0.6 is 0 Å². The Balaban J connectivity index is 1.67. The van der Waals surface area contributed by atoms with Crippen LogP contribution in [0, 0.1) is 5.92 Å². The Hall–Kier alpha value is -3.35. The van der Waals surface area contributed by atoms with Crippen molar-refractivity contribution in [1.82, 2.24) is 10.6 Å². The van der Waals surface area contributed by atoms with Gasteiger partial charge in [-0.05, 0) is 28.2 Å². The molecular formula is C23H26N2O5. The number of amides is 2. The molecule has 7 heteroatoms. The number of carboxylic acid groups (broad SMARTS) is 1. The summed E-state index contributed by atoms with van der Waals surface area (Å²) in [7, 11) is 0. The van der Waals surface area contributed by atoms with Crippen molar-refractivity contribution in [2.24, 2.45) is 5.92 Å². The fourth-order valence-electron chi connectivity index (χ4n) is 3.74. The lowest BCUT2D eigenvalue weighted by Crippen LogP contribution is -2.51. The summed E-state index contributed by atoms with van der Waals surface area (Å²) in [6, 6.07) is 15.2. The van der Waals surface area contributed by atoms with Gasteiger partial charge in [0.2, 0.25) is 5.91 Å². The molecule has 0 aromatic heterocycles. The van der Waals surface area contributed by atoms with Gasteiger partial charge in [-0.3, -0.25) is 9.59 Å². The van der Waals surface area contributed by atoms with E-state index in [4.69, 9.17) is 9.84 Å². The van der Waals surface area contributed by atoms with Crippen molar-refractivity contribution in [1.29, 1.82) is 0 Å². The molecule has 0 unspecified atom stereocenters. The zero-order valence-corrected chi connectivity index (χ0v) is 17.1. The normalized spacial score (nSPS) is 14.2. The molecule has 0 heterocycles. The van der Waals surface area contributed by atoms with Crippen LogP contribution in [0.3, 0.4) is 0 Å². The van der Waals surface area contributed by atoms with Gasteiger partial charge < -0.3 is 20.5 Å². The van der Waals surface area contributed by atoms with Gasteiger partial charge in [-0.1, -0.05) is 68.8 Å². The Labute approximate surface area is 175 Å². The van der Waals surface area contributed by atoms with Crippen molar-refractivity contribution < 1.29 is 24.2 Å². The zero-order valence-electron chi connectivity index (χ0n) is 17.1. The standard InChI is InChI=1S/C23H26N2O5/c1-3-14(2)21(22(28)24-12-20(26)27)25-23(29)30-13-19-17-10-6-4-8-15(17)16-9-5-7-11-18(16)19/h4-11,14,19,21H,3,12-13H2,1-2H3,(H,24,28)(H,25,29)(H,26,27)/t14-,21-/m1/s1. The largest absolute Gasteiger partial charge is 0.480 e. The molecule has 0 spiro atoms. The van der Waals surface area contributed by atoms with Crippen molar-refractivity contribution >= 4 is 18.0 Å². The minimum Gasteiger partial charge on any atom is -0.480 e. The van der Waals surface area contributed by atoms with Crippen LogP contribution in [0.4, 0.5) is 4.79 Å². The molecule has 2 aromatic carbocycles. The third kappa shape index (κ3) is 4.62. The maximum Gasteiger partial charge on any atom is 0.407 e. The Morgan fingerprint density at radius 2 is 1.60 bits per heavy atom. The number of carboxylic acids is 1. The summed E-state index contributed by atoms with van der Waals surface area (Å²) >= 11 is 0. The second-order valence-corrected chi connectivity index (χ2v) is 7.44. The van der Waals surface area contributed by atoms with Crippen molar-refractivity contribution in [3.05, 3.63) is 59.7 Å². The molecule has 158 valence electrons. The van der Waals surface area contributed by atoms with E-state index < -0.39 is 30.6 Å². The predicted octanol–water partition coefficient (Wildman–Crippen LogP) is 3.14. The van der Waals surface area contributed by atoms with Gasteiger partial charge in [0.15, 0.2) is 0 Å². The summed E-state index contributed by atoms with van der Waals surface area (Å²) in [6.45, 7) is 3.35. The van der Waals surface area contributed by atoms with Crippen molar-refractivity contribution in [2.75, 3.05) is 13.2 Å². The molecule has 1 aliphatic rings. The Morgan fingerprint density at radius 3 is 2.13 bits per heavy atom. The molecule has 3 N–H and O–H groups in total. The number of rotatable bonds is 8. The van der Waals surface area contributed by atoms with E-state index in [-0.39, 0.29) is 18.4 Å². The molecule has 0 saturated carbocycles. The van der Waals surface area contributed by atoms with Gasteiger partial charge in [0.05, 0.1) is 0 Å². The molecule has 0 aliphatic heterocycles. The lowest BCUT2D eigenvalue weighted by atomic mass is 9.98. The lowest BCUT2D eigenvalue weighted by molar-refractivity contribution is -0.138. The second-order valence-electron chi connectivity index (χ2n) is 7.44. The summed E-state index contributed by atoms with van der Waals surface area (Å²) < 4.78 is 5.49. The SMILES string of the molecule is CC[C@@H](C)[C@@H](NC(=O)OCC1c2ccccc2-c2ccccc21)C(=O)NCC(=O)O. The molecule has 2 atom stereocenters. The fraction of sp³-hybridized carbons (Fsp3) is 0.348. The van der Waals surface area contributed by atoms with Gasteiger partial charge in [-0.25, -0.2) is 4.79 Å². The number of hydrogen-bond acceptors (Lipinski definition) is 4. The molecule has 1 aliphatic carbocycles. The average molecular weight is 410 g/mol. The summed E-state index contributed by atoms with van der Waals surface area (Å²) in [4.78, 5) is 35.5. The first-order valence-electron chi connectivity index (χ1n) is 10.0. The van der Waals surface area contributed by atoms with Gasteiger partial charge in [0.1, 0.15) is 19.2 Å². The number of hydrogen-bond donors (Lipinski definition) is 3. The Kier molecular flexibility index (Phi) is 6.72. The number of nitrogens with one attached hydrogen (secondary N) is 2. The molecule has 2 amide bonds. The second kappa shape index (κ2) is 9.43. The monoisotopic (exact) mass is 410 g/mol. The lowest BCUT2D eigenvalue weighted by Gasteiger charge is -2.23. The molecular weight excluding hydrogens is 384 g/mol. The first-order chi connectivity index (χ1) is 14.4. The summed E-state index contributed by atoms with van der Waals surface area (Å²) in [6.07, 6.45) is -0.0675. The van der Waals surface area contributed by atoms with Crippen LogP contribution in [0.5, 0.6) is 0 Å². The molecule has 7 nitrogen and oxygen atoms in total. The third-order valence-corrected chi connectivity index (χ3v) is 5.53. The maximum absolute atomic E-state index is 12.5. The molecule has 0 fully saturated rings. The van der Waals surface area contributed by atoms with E-state index in [0.717, 1.165) is 22.3 Å². The molecule has 2 aromatic rings. The number of aliphatic carboxylic acids is 1. The molecule has 0 bridgehead atoms. The van der Waals surface area contributed by atoms with Gasteiger partial charge in [0, 0.05) is 5.92 Å². The van der Waals surface area contributed by atoms with E-state index in [1.165, 1.54) is 0 Å². The van der Waals surface area contributed by atoms with Crippen LogP contribution in [0.2, 0.25) is 0 Å². The first kappa shape index (κ1) is 21.4. The van der Waals surface area contributed by atoms with Crippen LogP contribution in [-0.4, -0.2) is 42.3 Å². The summed E-state index contributed by atoms with van der Waals surface area (Å²) in [5.41, 5.74) is 4.47. The van der Waals surface area contributed by atoms with Crippen LogP contribution in [0.25, 0.3) is 11.1 Å². The minimum atomic E-state index is -1.15. The van der Waals surface area contributed by atoms with Crippen LogP contribution in [0.15, 0.2) is 48.5 Å².